The second kappa shape index (κ2) is 4.48. The summed E-state index contributed by atoms with van der Waals surface area (Å²) < 4.78 is 0. The molecule has 13 heavy (non-hydrogen) atoms. The van der Waals surface area contributed by atoms with E-state index in [0.717, 1.165) is 0 Å². The van der Waals surface area contributed by atoms with Gasteiger partial charge in [0.25, 0.3) is 0 Å². The van der Waals surface area contributed by atoms with Crippen molar-refractivity contribution in [2.24, 2.45) is 5.41 Å². The first-order valence-electron chi connectivity index (χ1n) is 4.44. The number of alkyl halides is 1. The zero-order valence-electron chi connectivity index (χ0n) is 8.13. The molecule has 0 saturated heterocycles. The number of hydrogen-bond donors (Lipinski definition) is 0. The highest BCUT2D eigenvalue weighted by molar-refractivity contribution is 6.18. The van der Waals surface area contributed by atoms with Crippen LogP contribution in [0.15, 0.2) is 36.4 Å². The van der Waals surface area contributed by atoms with Gasteiger partial charge in [0, 0.05) is 5.88 Å². The van der Waals surface area contributed by atoms with E-state index < -0.39 is 0 Å². The smallest absolute Gasteiger partial charge is 0.0309 e. The molecule has 0 aromatic heterocycles. The molecule has 70 valence electrons. The van der Waals surface area contributed by atoms with Crippen molar-refractivity contribution < 1.29 is 0 Å². The molecule has 1 aromatic carbocycles. The Balaban J connectivity index is 2.69. The highest BCUT2D eigenvalue weighted by Gasteiger charge is 2.10. The van der Waals surface area contributed by atoms with Crippen LogP contribution in [-0.2, 0) is 0 Å². The van der Waals surface area contributed by atoms with E-state index in [2.05, 4.69) is 38.1 Å². The third kappa shape index (κ3) is 3.65. The molecule has 1 rings (SSSR count). The summed E-state index contributed by atoms with van der Waals surface area (Å²) in [6.07, 6.45) is 4.26. The zero-order valence-corrected chi connectivity index (χ0v) is 8.88. The van der Waals surface area contributed by atoms with Gasteiger partial charge in [0.15, 0.2) is 0 Å². The maximum absolute atomic E-state index is 5.81. The molecule has 0 bridgehead atoms. The van der Waals surface area contributed by atoms with E-state index in [1.807, 2.05) is 18.2 Å². The predicted molar refractivity (Wildman–Crippen MR) is 60.0 cm³/mol. The van der Waals surface area contributed by atoms with E-state index in [0.29, 0.717) is 5.88 Å². The fraction of sp³-hybridized carbons (Fsp3) is 0.333. The maximum atomic E-state index is 5.81. The Hall–Kier alpha value is -0.750. The van der Waals surface area contributed by atoms with Gasteiger partial charge in [-0.05, 0) is 11.0 Å². The molecule has 0 atom stereocenters. The van der Waals surface area contributed by atoms with Crippen molar-refractivity contribution in [1.29, 1.82) is 0 Å². The largest absolute Gasteiger partial charge is 0.126 e. The fourth-order valence-corrected chi connectivity index (χ4v) is 1.02. The van der Waals surface area contributed by atoms with Gasteiger partial charge in [0.1, 0.15) is 0 Å². The van der Waals surface area contributed by atoms with Crippen molar-refractivity contribution in [3.8, 4) is 0 Å². The molecule has 0 fully saturated rings. The summed E-state index contributed by atoms with van der Waals surface area (Å²) in [5, 5.41) is 0. The Morgan fingerprint density at radius 1 is 1.23 bits per heavy atom. The van der Waals surface area contributed by atoms with Crippen LogP contribution >= 0.6 is 11.6 Å². The second-order valence-electron chi connectivity index (χ2n) is 3.87. The van der Waals surface area contributed by atoms with Crippen molar-refractivity contribution in [2.75, 3.05) is 5.88 Å². The molecule has 0 saturated carbocycles. The average Bonchev–Trinajstić information content (AvgIpc) is 2.17. The lowest BCUT2D eigenvalue weighted by Gasteiger charge is -2.14. The highest BCUT2D eigenvalue weighted by Crippen LogP contribution is 2.20. The molecule has 1 aromatic rings. The van der Waals surface area contributed by atoms with E-state index in [1.165, 1.54) is 5.56 Å². The van der Waals surface area contributed by atoms with Gasteiger partial charge in [-0.25, -0.2) is 0 Å². The summed E-state index contributed by atoms with van der Waals surface area (Å²) >= 11 is 5.81. The van der Waals surface area contributed by atoms with Crippen molar-refractivity contribution in [3.05, 3.63) is 42.0 Å². The van der Waals surface area contributed by atoms with Gasteiger partial charge in [-0.3, -0.25) is 0 Å². The van der Waals surface area contributed by atoms with Crippen LogP contribution in [0, 0.1) is 5.41 Å². The summed E-state index contributed by atoms with van der Waals surface area (Å²) in [5.41, 5.74) is 1.30. The minimum Gasteiger partial charge on any atom is -0.126 e. The molecule has 0 N–H and O–H groups in total. The van der Waals surface area contributed by atoms with Crippen LogP contribution in [0.25, 0.3) is 6.08 Å². The van der Waals surface area contributed by atoms with E-state index in [-0.39, 0.29) is 5.41 Å². The van der Waals surface area contributed by atoms with Crippen LogP contribution in [0.1, 0.15) is 19.4 Å². The molecular weight excluding hydrogens is 180 g/mol. The topological polar surface area (TPSA) is 0 Å². The number of halogens is 1. The average molecular weight is 195 g/mol. The number of benzene rings is 1. The lowest BCUT2D eigenvalue weighted by Crippen LogP contribution is -2.08. The SMILES string of the molecule is CC(C)(/C=C/c1ccccc1)CCl. The number of rotatable bonds is 3. The van der Waals surface area contributed by atoms with Gasteiger partial charge >= 0.3 is 0 Å². The predicted octanol–water partition coefficient (Wildman–Crippen LogP) is 3.96. The van der Waals surface area contributed by atoms with Crippen LogP contribution in [0.5, 0.6) is 0 Å². The van der Waals surface area contributed by atoms with Crippen LogP contribution in [-0.4, -0.2) is 5.88 Å². The Morgan fingerprint density at radius 2 is 1.85 bits per heavy atom. The lowest BCUT2D eigenvalue weighted by molar-refractivity contribution is 0.555. The Morgan fingerprint density at radius 3 is 2.38 bits per heavy atom. The first kappa shape index (κ1) is 10.3. The van der Waals surface area contributed by atoms with Gasteiger partial charge < -0.3 is 0 Å². The first-order valence-corrected chi connectivity index (χ1v) is 4.98. The van der Waals surface area contributed by atoms with Crippen LogP contribution in [0.3, 0.4) is 0 Å². The standard InChI is InChI=1S/C12H15Cl/c1-12(2,10-13)9-8-11-6-4-3-5-7-11/h3-9H,10H2,1-2H3/b9-8+. The molecule has 0 aliphatic carbocycles. The molecule has 1 heteroatoms. The molecular formula is C12H15Cl. The molecule has 0 radical (unpaired) electrons. The zero-order chi connectivity index (χ0) is 9.73. The third-order valence-corrected chi connectivity index (χ3v) is 2.56. The van der Waals surface area contributed by atoms with Crippen molar-refractivity contribution in [3.63, 3.8) is 0 Å². The van der Waals surface area contributed by atoms with Gasteiger partial charge in [-0.2, -0.15) is 0 Å². The summed E-state index contributed by atoms with van der Waals surface area (Å²) in [6.45, 7) is 4.25. The Bertz CT molecular complexity index is 272. The van der Waals surface area contributed by atoms with Crippen LogP contribution < -0.4 is 0 Å². The fourth-order valence-electron chi connectivity index (χ4n) is 0.931. The van der Waals surface area contributed by atoms with E-state index in [4.69, 9.17) is 11.6 Å². The Kier molecular flexibility index (Phi) is 3.56. The molecule has 0 spiro atoms. The first-order chi connectivity index (χ1) is 6.14. The quantitative estimate of drug-likeness (QED) is 0.639. The van der Waals surface area contributed by atoms with Crippen molar-refractivity contribution >= 4 is 17.7 Å². The minimum atomic E-state index is 0.0808. The molecule has 0 nitrogen and oxygen atoms in total. The van der Waals surface area contributed by atoms with Gasteiger partial charge in [-0.1, -0.05) is 56.3 Å². The van der Waals surface area contributed by atoms with Crippen molar-refractivity contribution in [1.82, 2.24) is 0 Å². The van der Waals surface area contributed by atoms with Gasteiger partial charge in [0.05, 0.1) is 0 Å². The second-order valence-corrected chi connectivity index (χ2v) is 4.13. The summed E-state index contributed by atoms with van der Waals surface area (Å²) in [4.78, 5) is 0. The lowest BCUT2D eigenvalue weighted by atomic mass is 9.95. The van der Waals surface area contributed by atoms with Gasteiger partial charge in [-0.15, -0.1) is 11.6 Å². The van der Waals surface area contributed by atoms with E-state index >= 15 is 0 Å². The monoisotopic (exact) mass is 194 g/mol. The van der Waals surface area contributed by atoms with Gasteiger partial charge in [0.2, 0.25) is 0 Å². The Labute approximate surface area is 85.2 Å². The van der Waals surface area contributed by atoms with Crippen LogP contribution in [0.4, 0.5) is 0 Å². The number of hydrogen-bond acceptors (Lipinski definition) is 0. The molecule has 0 unspecified atom stereocenters. The van der Waals surface area contributed by atoms with E-state index in [1.54, 1.807) is 0 Å². The molecule has 0 aliphatic heterocycles. The molecule has 0 aliphatic rings. The maximum Gasteiger partial charge on any atom is 0.0309 e. The third-order valence-electron chi connectivity index (χ3n) is 1.87. The van der Waals surface area contributed by atoms with E-state index in [9.17, 15) is 0 Å². The molecule has 0 heterocycles. The summed E-state index contributed by atoms with van der Waals surface area (Å²) in [5.74, 6) is 0.649. The summed E-state index contributed by atoms with van der Waals surface area (Å²) in [6, 6.07) is 10.3. The minimum absolute atomic E-state index is 0.0808. The van der Waals surface area contributed by atoms with Crippen molar-refractivity contribution in [2.45, 2.75) is 13.8 Å². The number of allylic oxidation sites excluding steroid dienone is 1. The normalized spacial score (nSPS) is 12.2. The molecule has 0 amide bonds. The van der Waals surface area contributed by atoms with Crippen LogP contribution in [0.2, 0.25) is 0 Å². The highest BCUT2D eigenvalue weighted by atomic mass is 35.5. The summed E-state index contributed by atoms with van der Waals surface area (Å²) in [7, 11) is 0.